The van der Waals surface area contributed by atoms with Crippen LogP contribution in [-0.2, 0) is 20.1 Å². The van der Waals surface area contributed by atoms with Crippen molar-refractivity contribution in [1.82, 2.24) is 19.5 Å². The van der Waals surface area contributed by atoms with Gasteiger partial charge in [-0.3, -0.25) is 4.98 Å². The van der Waals surface area contributed by atoms with E-state index in [1.165, 1.54) is 17.3 Å². The molecule has 5 nitrogen and oxygen atoms in total. The van der Waals surface area contributed by atoms with Crippen LogP contribution >= 0.6 is 0 Å². The molecule has 0 amide bonds. The Hall–Kier alpha value is -5.68. The van der Waals surface area contributed by atoms with Crippen molar-refractivity contribution < 1.29 is 34.1 Å². The van der Waals surface area contributed by atoms with Crippen molar-refractivity contribution in [1.29, 1.82) is 0 Å². The predicted octanol–water partition coefficient (Wildman–Crippen LogP) is 14.0. The van der Waals surface area contributed by atoms with Crippen molar-refractivity contribution >= 4 is 33.1 Å². The first-order valence-electron chi connectivity index (χ1n) is 22.8. The molecule has 9 aromatic rings. The molecule has 4 aromatic heterocycles. The Morgan fingerprint density at radius 3 is 2.12 bits per heavy atom. The summed E-state index contributed by atoms with van der Waals surface area (Å²) in [5.41, 5.74) is 10.6. The molecule has 0 N–H and O–H groups in total. The molecule has 0 aliphatic carbocycles. The molecule has 6 heteroatoms. The number of furan rings is 1. The molecule has 0 bridgehead atoms. The van der Waals surface area contributed by atoms with Crippen LogP contribution in [0.3, 0.4) is 0 Å². The molecule has 1 radical (unpaired) electrons. The number of pyridine rings is 2. The Kier molecular flexibility index (Phi) is 9.49. The van der Waals surface area contributed by atoms with Crippen molar-refractivity contribution in [3.05, 3.63) is 167 Å². The number of fused-ring (bicyclic) bond motifs is 4. The Bertz CT molecular complexity index is 3100. The summed E-state index contributed by atoms with van der Waals surface area (Å²) < 4.78 is 64.7. The number of nitrogens with zero attached hydrogens (tertiary/aromatic N) is 4. The maximum absolute atomic E-state index is 8.37. The molecule has 0 spiro atoms. The molecular weight excluding hydrogens is 889 g/mol. The SMILES string of the molecule is [2H]C([2H])([2H])c1c[c-]c(-c2nc3ccccc3n2-c2c(C(C)C)cccc2C(C)C)c2oc3nc(-c4ccccc4)ccc3c12.[2H]C([2H])([2H])c1cnc(-c2[c-]cccc2)cc1C([2H])(C)C.[Ir]. The number of aryl methyl sites for hydroxylation is 2. The fourth-order valence-corrected chi connectivity index (χ4v) is 7.40. The Morgan fingerprint density at radius 2 is 1.43 bits per heavy atom. The van der Waals surface area contributed by atoms with Gasteiger partial charge in [0.25, 0.3) is 0 Å². The van der Waals surface area contributed by atoms with Crippen molar-refractivity contribution in [2.75, 3.05) is 0 Å². The molecule has 0 fully saturated rings. The van der Waals surface area contributed by atoms with Gasteiger partial charge in [0, 0.05) is 52.5 Å². The van der Waals surface area contributed by atoms with Gasteiger partial charge in [0.1, 0.15) is 0 Å². The molecule has 0 unspecified atom stereocenters. The molecule has 0 saturated carbocycles. The third kappa shape index (κ3) is 7.67. The van der Waals surface area contributed by atoms with Gasteiger partial charge in [0.2, 0.25) is 5.71 Å². The van der Waals surface area contributed by atoms with Crippen LogP contribution < -0.4 is 0 Å². The average molecular weight is 944 g/mol. The van der Waals surface area contributed by atoms with E-state index in [2.05, 4.69) is 73.6 Å². The van der Waals surface area contributed by atoms with Gasteiger partial charge in [-0.2, -0.15) is 0 Å². The number of para-hydroxylation sites is 3. The molecule has 0 saturated heterocycles. The van der Waals surface area contributed by atoms with Gasteiger partial charge in [-0.1, -0.05) is 126 Å². The second kappa shape index (κ2) is 17.0. The summed E-state index contributed by atoms with van der Waals surface area (Å²) in [5.74, 6) is 0.152. The third-order valence-corrected chi connectivity index (χ3v) is 10.3. The summed E-state index contributed by atoms with van der Waals surface area (Å²) in [4.78, 5) is 14.2. The van der Waals surface area contributed by atoms with E-state index in [4.69, 9.17) is 24.0 Å². The molecule has 58 heavy (non-hydrogen) atoms. The summed E-state index contributed by atoms with van der Waals surface area (Å²) in [6.45, 7) is 7.51. The van der Waals surface area contributed by atoms with E-state index >= 15 is 0 Å². The molecule has 9 rings (SSSR count). The van der Waals surface area contributed by atoms with Crippen molar-refractivity contribution in [3.8, 4) is 39.6 Å². The van der Waals surface area contributed by atoms with Gasteiger partial charge in [0.05, 0.1) is 28.1 Å². The van der Waals surface area contributed by atoms with Crippen LogP contribution in [0.1, 0.15) is 96.7 Å². The van der Waals surface area contributed by atoms with Crippen molar-refractivity contribution in [2.45, 2.75) is 73.0 Å². The van der Waals surface area contributed by atoms with Gasteiger partial charge < -0.3 is 14.0 Å². The molecule has 0 aliphatic heterocycles. The van der Waals surface area contributed by atoms with Crippen LogP contribution in [0.15, 0.2) is 132 Å². The molecule has 0 atom stereocenters. The van der Waals surface area contributed by atoms with E-state index in [-0.39, 0.29) is 43.1 Å². The first-order valence-corrected chi connectivity index (χ1v) is 19.3. The van der Waals surface area contributed by atoms with Gasteiger partial charge >= 0.3 is 0 Å². The van der Waals surface area contributed by atoms with E-state index in [0.29, 0.717) is 44.7 Å². The Morgan fingerprint density at radius 1 is 0.707 bits per heavy atom. The largest absolute Gasteiger partial charge is 0.486 e. The summed E-state index contributed by atoms with van der Waals surface area (Å²) in [5, 5.41) is 1.16. The van der Waals surface area contributed by atoms with Crippen LogP contribution in [0, 0.1) is 25.8 Å². The fraction of sp³-hybridized carbons (Fsp3) is 0.212. The number of rotatable bonds is 7. The van der Waals surface area contributed by atoms with Gasteiger partial charge in [-0.15, -0.1) is 53.6 Å². The van der Waals surface area contributed by atoms with Crippen LogP contribution in [-0.4, -0.2) is 19.5 Å². The normalized spacial score (nSPS) is 13.8. The van der Waals surface area contributed by atoms with Gasteiger partial charge in [-0.05, 0) is 76.8 Å². The van der Waals surface area contributed by atoms with E-state index in [1.807, 2.05) is 78.9 Å². The first kappa shape index (κ1) is 32.3. The zero-order chi connectivity index (χ0) is 45.7. The number of hydrogen-bond acceptors (Lipinski definition) is 4. The minimum absolute atomic E-state index is 0. The molecule has 0 aliphatic rings. The summed E-state index contributed by atoms with van der Waals surface area (Å²) >= 11 is 0. The van der Waals surface area contributed by atoms with Crippen molar-refractivity contribution in [2.24, 2.45) is 0 Å². The molecular formula is C52H48IrN4O-2. The van der Waals surface area contributed by atoms with E-state index in [1.54, 1.807) is 32.0 Å². The minimum Gasteiger partial charge on any atom is -0.486 e. The summed E-state index contributed by atoms with van der Waals surface area (Å²) in [6.07, 6.45) is 1.36. The molecule has 5 aromatic carbocycles. The number of hydrogen-bond donors (Lipinski definition) is 0. The minimum atomic E-state index is -2.38. The maximum atomic E-state index is 8.37. The Balaban J connectivity index is 0.000000253. The van der Waals surface area contributed by atoms with Crippen molar-refractivity contribution in [3.63, 3.8) is 0 Å². The van der Waals surface area contributed by atoms with E-state index in [9.17, 15) is 0 Å². The zero-order valence-corrected chi connectivity index (χ0v) is 35.7. The summed E-state index contributed by atoms with van der Waals surface area (Å²) in [6, 6.07) is 45.2. The number of benzene rings is 5. The maximum Gasteiger partial charge on any atom is 0.216 e. The smallest absolute Gasteiger partial charge is 0.216 e. The second-order valence-electron chi connectivity index (χ2n) is 15.0. The molecule has 293 valence electrons. The molecule has 4 heterocycles. The Labute approximate surface area is 365 Å². The monoisotopic (exact) mass is 944 g/mol. The predicted molar refractivity (Wildman–Crippen MR) is 236 cm³/mol. The van der Waals surface area contributed by atoms with Crippen LogP contribution in [0.5, 0.6) is 0 Å². The van der Waals surface area contributed by atoms with Crippen LogP contribution in [0.2, 0.25) is 0 Å². The third-order valence-electron chi connectivity index (χ3n) is 10.3. The van der Waals surface area contributed by atoms with Crippen LogP contribution in [0.4, 0.5) is 0 Å². The van der Waals surface area contributed by atoms with Crippen LogP contribution in [0.25, 0.3) is 72.7 Å². The topological polar surface area (TPSA) is 56.7 Å². The quantitative estimate of drug-likeness (QED) is 0.149. The van der Waals surface area contributed by atoms with E-state index < -0.39 is 19.6 Å². The standard InChI is InChI=1S/C37H32N3O.C15H16N.Ir/c1-22(2)26-14-11-15-27(23(3)4)34(26)40-32-17-10-9-16-31(32)38-36(40)29-19-18-24(5)33-28-20-21-30(25-12-7-6-8-13-25)39-37(28)41-35(29)33;1-11(2)14-9-15(16-10-12(14)3)13-7-5-4-6-8-13;/h6-18,20-23H,1-5H3;4-7,9-11H,1-3H3;/q2*-1;/i5D3;3D3,11D;. The summed E-state index contributed by atoms with van der Waals surface area (Å²) in [7, 11) is 0. The fourth-order valence-electron chi connectivity index (χ4n) is 7.40. The van der Waals surface area contributed by atoms with E-state index in [0.717, 1.165) is 33.5 Å². The second-order valence-corrected chi connectivity index (χ2v) is 15.0. The van der Waals surface area contributed by atoms with Gasteiger partial charge in [-0.25, -0.2) is 4.98 Å². The number of aromatic nitrogens is 4. The first-order chi connectivity index (χ1) is 30.3. The zero-order valence-electron chi connectivity index (χ0n) is 40.3. The number of imidazole rings is 1. The van der Waals surface area contributed by atoms with Gasteiger partial charge in [0.15, 0.2) is 0 Å². The average Bonchev–Trinajstić information content (AvgIpc) is 3.84.